The van der Waals surface area contributed by atoms with Crippen molar-refractivity contribution < 1.29 is 22.0 Å². The van der Waals surface area contributed by atoms with E-state index in [4.69, 9.17) is 0 Å². The van der Waals surface area contributed by atoms with Crippen molar-refractivity contribution in [2.75, 3.05) is 6.26 Å². The second-order valence-electron chi connectivity index (χ2n) is 5.02. The average molecular weight is 287 g/mol. The maximum Gasteiger partial charge on any atom is 0.247 e. The molecular weight excluding hydrogens is 264 g/mol. The van der Waals surface area contributed by atoms with Crippen LogP contribution in [-0.2, 0) is 14.8 Å². The minimum absolute atomic E-state index is 0.0382. The second-order valence-corrected chi connectivity index (χ2v) is 6.76. The summed E-state index contributed by atoms with van der Waals surface area (Å²) in [6.07, 6.45) is 0.879. The predicted octanol–water partition coefficient (Wildman–Crippen LogP) is 2.55. The fourth-order valence-electron chi connectivity index (χ4n) is 0.571. The molecule has 0 aromatic rings. The number of sulfonamides is 1. The Morgan fingerprint density at radius 2 is 1.44 bits per heavy atom. The van der Waals surface area contributed by atoms with Crippen molar-refractivity contribution in [1.82, 2.24) is 4.72 Å². The van der Waals surface area contributed by atoms with Crippen molar-refractivity contribution in [3.05, 3.63) is 0 Å². The summed E-state index contributed by atoms with van der Waals surface area (Å²) in [5, 5.41) is 0. The third kappa shape index (κ3) is 11.8. The van der Waals surface area contributed by atoms with Gasteiger partial charge in [-0.15, -0.1) is 0 Å². The highest BCUT2D eigenvalue weighted by Gasteiger charge is 2.23. The molecule has 0 aliphatic carbocycles. The van der Waals surface area contributed by atoms with Crippen LogP contribution >= 0.6 is 0 Å². The molecule has 0 saturated carbocycles. The van der Waals surface area contributed by atoms with Gasteiger partial charge in [0.1, 0.15) is 0 Å². The van der Waals surface area contributed by atoms with Gasteiger partial charge in [-0.2, -0.15) is 0 Å². The zero-order valence-corrected chi connectivity index (χ0v) is 12.6. The maximum atomic E-state index is 11.9. The Balaban J connectivity index is 0. The lowest BCUT2D eigenvalue weighted by Crippen LogP contribution is -2.38. The maximum absolute atomic E-state index is 11.9. The minimum atomic E-state index is -3.41. The quantitative estimate of drug-likeness (QED) is 0.867. The Bertz CT molecular complexity index is 353. The van der Waals surface area contributed by atoms with E-state index in [-0.39, 0.29) is 12.8 Å². The van der Waals surface area contributed by atoms with Gasteiger partial charge in [0.15, 0.2) is 0 Å². The number of hydrogen-bond acceptors (Lipinski definition) is 3. The third-order valence-electron chi connectivity index (χ3n) is 1.99. The SMILES string of the molecule is CC(C)(C)C(=O)NS(C)(=O)=O.CCC(F)(F)CC. The van der Waals surface area contributed by atoms with Crippen LogP contribution in [0, 0.1) is 5.41 Å². The highest BCUT2D eigenvalue weighted by molar-refractivity contribution is 7.89. The molecule has 0 saturated heterocycles. The van der Waals surface area contributed by atoms with E-state index in [1.165, 1.54) is 13.8 Å². The van der Waals surface area contributed by atoms with Gasteiger partial charge in [0.25, 0.3) is 0 Å². The molecule has 0 atom stereocenters. The number of carbonyl (C=O) groups excluding carboxylic acids is 1. The molecule has 0 aliphatic heterocycles. The summed E-state index contributed by atoms with van der Waals surface area (Å²) in [6, 6.07) is 0. The zero-order chi connectivity index (χ0) is 15.2. The Labute approximate surface area is 108 Å². The van der Waals surface area contributed by atoms with Crippen molar-refractivity contribution >= 4 is 15.9 Å². The summed E-state index contributed by atoms with van der Waals surface area (Å²) in [5.74, 6) is -2.90. The van der Waals surface area contributed by atoms with Crippen LogP contribution in [0.2, 0.25) is 0 Å². The Morgan fingerprint density at radius 1 is 1.11 bits per heavy atom. The lowest BCUT2D eigenvalue weighted by molar-refractivity contribution is -0.126. The van der Waals surface area contributed by atoms with Crippen molar-refractivity contribution in [3.8, 4) is 0 Å². The molecule has 0 radical (unpaired) electrons. The topological polar surface area (TPSA) is 63.2 Å². The van der Waals surface area contributed by atoms with Crippen LogP contribution in [0.25, 0.3) is 0 Å². The molecule has 0 heterocycles. The first-order valence-electron chi connectivity index (χ1n) is 5.65. The largest absolute Gasteiger partial charge is 0.273 e. The Kier molecular flexibility index (Phi) is 7.64. The van der Waals surface area contributed by atoms with Crippen LogP contribution in [0.3, 0.4) is 0 Å². The van der Waals surface area contributed by atoms with Crippen LogP contribution < -0.4 is 4.72 Å². The van der Waals surface area contributed by atoms with E-state index in [9.17, 15) is 22.0 Å². The standard InChI is InChI=1S/C6H13NO3S.C5H10F2/c1-6(2,3)5(8)7-11(4,9)10;1-3-5(6,7)4-2/h1-4H3,(H,7,8);3-4H2,1-2H3. The monoisotopic (exact) mass is 287 g/mol. The molecule has 0 spiro atoms. The van der Waals surface area contributed by atoms with Crippen LogP contribution in [0.1, 0.15) is 47.5 Å². The van der Waals surface area contributed by atoms with Gasteiger partial charge in [-0.25, -0.2) is 17.2 Å². The highest BCUT2D eigenvalue weighted by atomic mass is 32.2. The van der Waals surface area contributed by atoms with Gasteiger partial charge < -0.3 is 0 Å². The fourth-order valence-corrected chi connectivity index (χ4v) is 1.21. The molecule has 0 aliphatic rings. The molecule has 1 amide bonds. The number of hydrogen-bond donors (Lipinski definition) is 1. The molecule has 0 bridgehead atoms. The number of rotatable bonds is 3. The molecule has 0 aromatic heterocycles. The smallest absolute Gasteiger partial charge is 0.247 e. The molecule has 0 unspecified atom stereocenters. The van der Waals surface area contributed by atoms with Gasteiger partial charge in [0.2, 0.25) is 21.9 Å². The minimum Gasteiger partial charge on any atom is -0.273 e. The Morgan fingerprint density at radius 3 is 1.50 bits per heavy atom. The highest BCUT2D eigenvalue weighted by Crippen LogP contribution is 2.20. The lowest BCUT2D eigenvalue weighted by Gasteiger charge is -2.15. The predicted molar refractivity (Wildman–Crippen MR) is 68.0 cm³/mol. The molecular formula is C11H23F2NO3S. The summed E-state index contributed by atoms with van der Waals surface area (Å²) in [5.41, 5.74) is -0.664. The molecule has 18 heavy (non-hydrogen) atoms. The van der Waals surface area contributed by atoms with Crippen molar-refractivity contribution in [1.29, 1.82) is 0 Å². The number of carbonyl (C=O) groups is 1. The summed E-state index contributed by atoms with van der Waals surface area (Å²) in [6.45, 7) is 7.92. The van der Waals surface area contributed by atoms with E-state index in [1.807, 2.05) is 4.72 Å². The summed E-state index contributed by atoms with van der Waals surface area (Å²) in [7, 11) is -3.41. The number of nitrogens with one attached hydrogen (secondary N) is 1. The van der Waals surface area contributed by atoms with Gasteiger partial charge in [-0.3, -0.25) is 9.52 Å². The fraction of sp³-hybridized carbons (Fsp3) is 0.909. The summed E-state index contributed by atoms with van der Waals surface area (Å²) >= 11 is 0. The van der Waals surface area contributed by atoms with Crippen LogP contribution in [-0.4, -0.2) is 26.5 Å². The van der Waals surface area contributed by atoms with E-state index >= 15 is 0 Å². The average Bonchev–Trinajstić information content (AvgIpc) is 2.15. The van der Waals surface area contributed by atoms with E-state index in [0.29, 0.717) is 0 Å². The van der Waals surface area contributed by atoms with Crippen molar-refractivity contribution in [2.24, 2.45) is 5.41 Å². The van der Waals surface area contributed by atoms with Crippen molar-refractivity contribution in [3.63, 3.8) is 0 Å². The Hall–Kier alpha value is -0.720. The van der Waals surface area contributed by atoms with E-state index < -0.39 is 27.3 Å². The van der Waals surface area contributed by atoms with Gasteiger partial charge in [-0.05, 0) is 0 Å². The van der Waals surface area contributed by atoms with Crippen molar-refractivity contribution in [2.45, 2.75) is 53.4 Å². The molecule has 0 fully saturated rings. The molecule has 7 heteroatoms. The second kappa shape index (κ2) is 7.01. The number of amides is 1. The summed E-state index contributed by atoms with van der Waals surface area (Å²) < 4.78 is 46.8. The molecule has 4 nitrogen and oxygen atoms in total. The zero-order valence-electron chi connectivity index (χ0n) is 11.8. The first-order chi connectivity index (χ1) is 7.75. The number of alkyl halides is 2. The molecule has 0 rings (SSSR count). The van der Waals surface area contributed by atoms with E-state index in [1.54, 1.807) is 20.8 Å². The first-order valence-corrected chi connectivity index (χ1v) is 7.54. The van der Waals surface area contributed by atoms with Crippen LogP contribution in [0.5, 0.6) is 0 Å². The third-order valence-corrected chi connectivity index (χ3v) is 2.55. The first kappa shape index (κ1) is 19.6. The van der Waals surface area contributed by atoms with Gasteiger partial charge >= 0.3 is 0 Å². The van der Waals surface area contributed by atoms with E-state index in [0.717, 1.165) is 6.26 Å². The number of halogens is 2. The van der Waals surface area contributed by atoms with E-state index in [2.05, 4.69) is 0 Å². The molecule has 0 aromatic carbocycles. The molecule has 110 valence electrons. The normalized spacial score (nSPS) is 12.4. The van der Waals surface area contributed by atoms with Gasteiger partial charge in [-0.1, -0.05) is 34.6 Å². The lowest BCUT2D eigenvalue weighted by atomic mass is 9.96. The summed E-state index contributed by atoms with van der Waals surface area (Å²) in [4.78, 5) is 11.0. The van der Waals surface area contributed by atoms with Gasteiger partial charge in [0.05, 0.1) is 6.26 Å². The van der Waals surface area contributed by atoms with Crippen LogP contribution in [0.4, 0.5) is 8.78 Å². The van der Waals surface area contributed by atoms with Crippen LogP contribution in [0.15, 0.2) is 0 Å². The van der Waals surface area contributed by atoms with Gasteiger partial charge in [0, 0.05) is 18.3 Å². The molecule has 1 N–H and O–H groups in total.